The number of nitrogens with zero attached hydrogens (tertiary/aromatic N) is 2. The number of carbonyl (C=O) groups is 1. The normalized spacial score (nSPS) is 19.3. The molecule has 7 heteroatoms. The van der Waals surface area contributed by atoms with Crippen molar-refractivity contribution in [2.45, 2.75) is 26.3 Å². The van der Waals surface area contributed by atoms with E-state index >= 15 is 0 Å². The number of ether oxygens (including phenoxy) is 3. The molecular weight excluding hydrogens is 324 g/mol. The van der Waals surface area contributed by atoms with E-state index in [0.29, 0.717) is 48.6 Å². The van der Waals surface area contributed by atoms with Gasteiger partial charge in [0.1, 0.15) is 5.76 Å². The summed E-state index contributed by atoms with van der Waals surface area (Å²) in [7, 11) is 0. The Morgan fingerprint density at radius 3 is 3.00 bits per heavy atom. The monoisotopic (exact) mass is 344 g/mol. The molecule has 0 radical (unpaired) electrons. The van der Waals surface area contributed by atoms with Crippen molar-refractivity contribution >= 4 is 5.91 Å². The number of amides is 1. The fraction of sp³-hybridized carbons (Fsp3) is 0.444. The Bertz CT molecular complexity index is 801. The third-order valence-electron chi connectivity index (χ3n) is 4.52. The summed E-state index contributed by atoms with van der Waals surface area (Å²) in [6.07, 6.45) is 0.226. The molecule has 7 nitrogen and oxygen atoms in total. The number of aromatic nitrogens is 1. The van der Waals surface area contributed by atoms with Crippen LogP contribution in [0.2, 0.25) is 0 Å². The molecule has 1 atom stereocenters. The molecular formula is C18H20N2O5. The standard InChI is InChI=1S/C18H20N2O5/c1-11-9-22-6-5-20(11)17(21)8-14-12(2)25-18(19-14)13-3-4-15-16(7-13)24-10-23-15/h3-4,7,11H,5-6,8-10H2,1-2H3. The molecule has 3 heterocycles. The summed E-state index contributed by atoms with van der Waals surface area (Å²) in [6, 6.07) is 5.62. The van der Waals surface area contributed by atoms with E-state index in [1.807, 2.05) is 36.9 Å². The van der Waals surface area contributed by atoms with Crippen LogP contribution in [0.25, 0.3) is 11.5 Å². The van der Waals surface area contributed by atoms with Gasteiger partial charge < -0.3 is 23.5 Å². The average molecular weight is 344 g/mol. The van der Waals surface area contributed by atoms with Crippen LogP contribution >= 0.6 is 0 Å². The molecule has 0 N–H and O–H groups in total. The number of fused-ring (bicyclic) bond motifs is 1. The molecule has 1 aromatic carbocycles. The largest absolute Gasteiger partial charge is 0.454 e. The molecule has 25 heavy (non-hydrogen) atoms. The fourth-order valence-corrected chi connectivity index (χ4v) is 3.09. The first-order valence-corrected chi connectivity index (χ1v) is 8.35. The smallest absolute Gasteiger partial charge is 0.231 e. The van der Waals surface area contributed by atoms with Crippen molar-refractivity contribution in [3.8, 4) is 23.0 Å². The number of carbonyl (C=O) groups excluding carboxylic acids is 1. The number of hydrogen-bond acceptors (Lipinski definition) is 6. The van der Waals surface area contributed by atoms with Crippen LogP contribution in [0.5, 0.6) is 11.5 Å². The van der Waals surface area contributed by atoms with Crippen LogP contribution < -0.4 is 9.47 Å². The Morgan fingerprint density at radius 2 is 2.16 bits per heavy atom. The maximum absolute atomic E-state index is 12.6. The van der Waals surface area contributed by atoms with Gasteiger partial charge in [-0.2, -0.15) is 0 Å². The van der Waals surface area contributed by atoms with Gasteiger partial charge in [0, 0.05) is 12.1 Å². The van der Waals surface area contributed by atoms with Crippen molar-refractivity contribution < 1.29 is 23.4 Å². The lowest BCUT2D eigenvalue weighted by molar-refractivity contribution is -0.138. The highest BCUT2D eigenvalue weighted by molar-refractivity contribution is 5.79. The SMILES string of the molecule is Cc1oc(-c2ccc3c(c2)OCO3)nc1CC(=O)N1CCOCC1C. The third kappa shape index (κ3) is 3.07. The van der Waals surface area contributed by atoms with Crippen molar-refractivity contribution in [2.24, 2.45) is 0 Å². The molecule has 1 unspecified atom stereocenters. The van der Waals surface area contributed by atoms with Gasteiger partial charge in [0.05, 0.1) is 31.4 Å². The highest BCUT2D eigenvalue weighted by Gasteiger charge is 2.26. The molecule has 0 aliphatic carbocycles. The molecule has 1 amide bonds. The summed E-state index contributed by atoms with van der Waals surface area (Å²) >= 11 is 0. The second kappa shape index (κ2) is 6.40. The lowest BCUT2D eigenvalue weighted by atomic mass is 10.2. The summed E-state index contributed by atoms with van der Waals surface area (Å²) in [5, 5.41) is 0. The molecule has 2 aromatic rings. The number of hydrogen-bond donors (Lipinski definition) is 0. The van der Waals surface area contributed by atoms with Crippen molar-refractivity contribution in [2.75, 3.05) is 26.6 Å². The number of morpholine rings is 1. The predicted molar refractivity (Wildman–Crippen MR) is 88.5 cm³/mol. The Balaban J connectivity index is 1.53. The van der Waals surface area contributed by atoms with E-state index in [1.165, 1.54) is 0 Å². The van der Waals surface area contributed by atoms with Crippen molar-refractivity contribution in [1.82, 2.24) is 9.88 Å². The maximum atomic E-state index is 12.6. The van der Waals surface area contributed by atoms with Crippen molar-refractivity contribution in [3.63, 3.8) is 0 Å². The maximum Gasteiger partial charge on any atom is 0.231 e. The van der Waals surface area contributed by atoms with Crippen LogP contribution in [0.15, 0.2) is 22.6 Å². The molecule has 4 rings (SSSR count). The number of benzene rings is 1. The summed E-state index contributed by atoms with van der Waals surface area (Å²) in [6.45, 7) is 5.81. The molecule has 1 fully saturated rings. The summed E-state index contributed by atoms with van der Waals surface area (Å²) in [5.41, 5.74) is 1.46. The average Bonchev–Trinajstić information content (AvgIpc) is 3.21. The number of oxazole rings is 1. The van der Waals surface area contributed by atoms with Crippen LogP contribution in [-0.4, -0.2) is 48.4 Å². The van der Waals surface area contributed by atoms with Gasteiger partial charge >= 0.3 is 0 Å². The quantitative estimate of drug-likeness (QED) is 0.850. The lowest BCUT2D eigenvalue weighted by Gasteiger charge is -2.33. The number of aryl methyl sites for hydroxylation is 1. The molecule has 2 aliphatic heterocycles. The highest BCUT2D eigenvalue weighted by atomic mass is 16.7. The van der Waals surface area contributed by atoms with Crippen molar-refractivity contribution in [3.05, 3.63) is 29.7 Å². The van der Waals surface area contributed by atoms with E-state index in [9.17, 15) is 4.79 Å². The highest BCUT2D eigenvalue weighted by Crippen LogP contribution is 2.36. The molecule has 2 aliphatic rings. The van der Waals surface area contributed by atoms with Crippen LogP contribution in [0, 0.1) is 6.92 Å². The Kier molecular flexibility index (Phi) is 4.09. The van der Waals surface area contributed by atoms with Gasteiger partial charge in [-0.3, -0.25) is 4.79 Å². The van der Waals surface area contributed by atoms with Crippen LogP contribution in [0.3, 0.4) is 0 Å². The van der Waals surface area contributed by atoms with Gasteiger partial charge in [0.15, 0.2) is 11.5 Å². The Hall–Kier alpha value is -2.54. The van der Waals surface area contributed by atoms with Crippen molar-refractivity contribution in [1.29, 1.82) is 0 Å². The molecule has 0 saturated carbocycles. The third-order valence-corrected chi connectivity index (χ3v) is 4.52. The van der Waals surface area contributed by atoms with E-state index in [-0.39, 0.29) is 25.2 Å². The summed E-state index contributed by atoms with van der Waals surface area (Å²) in [4.78, 5) is 19.0. The minimum Gasteiger partial charge on any atom is -0.454 e. The van der Waals surface area contributed by atoms with Gasteiger partial charge in [-0.15, -0.1) is 0 Å². The van der Waals surface area contributed by atoms with Gasteiger partial charge in [-0.1, -0.05) is 0 Å². The van der Waals surface area contributed by atoms with Gasteiger partial charge in [-0.25, -0.2) is 4.98 Å². The summed E-state index contributed by atoms with van der Waals surface area (Å²) < 4.78 is 21.9. The zero-order valence-electron chi connectivity index (χ0n) is 14.3. The summed E-state index contributed by atoms with van der Waals surface area (Å²) in [5.74, 6) is 2.57. The number of rotatable bonds is 3. The molecule has 0 spiro atoms. The minimum atomic E-state index is 0.0458. The van der Waals surface area contributed by atoms with Crippen LogP contribution in [0.1, 0.15) is 18.4 Å². The van der Waals surface area contributed by atoms with Crippen LogP contribution in [0.4, 0.5) is 0 Å². The Labute approximate surface area is 145 Å². The zero-order chi connectivity index (χ0) is 17.4. The minimum absolute atomic E-state index is 0.0458. The molecule has 0 bridgehead atoms. The van der Waals surface area contributed by atoms with Gasteiger partial charge in [0.25, 0.3) is 0 Å². The predicted octanol–water partition coefficient (Wildman–Crippen LogP) is 2.17. The van der Waals surface area contributed by atoms with Gasteiger partial charge in [0.2, 0.25) is 18.6 Å². The second-order valence-electron chi connectivity index (χ2n) is 6.28. The molecule has 132 valence electrons. The first kappa shape index (κ1) is 16.0. The van der Waals surface area contributed by atoms with E-state index in [1.54, 1.807) is 0 Å². The van der Waals surface area contributed by atoms with E-state index in [2.05, 4.69) is 4.98 Å². The van der Waals surface area contributed by atoms with Gasteiger partial charge in [-0.05, 0) is 32.0 Å². The van der Waals surface area contributed by atoms with E-state index in [4.69, 9.17) is 18.6 Å². The lowest BCUT2D eigenvalue weighted by Crippen LogP contribution is -2.47. The van der Waals surface area contributed by atoms with E-state index < -0.39 is 0 Å². The van der Waals surface area contributed by atoms with E-state index in [0.717, 1.165) is 5.56 Å². The van der Waals surface area contributed by atoms with Crippen LogP contribution in [-0.2, 0) is 16.0 Å². The molecule has 1 saturated heterocycles. The zero-order valence-corrected chi connectivity index (χ0v) is 14.3. The first-order valence-electron chi connectivity index (χ1n) is 8.35. The first-order chi connectivity index (χ1) is 12.1. The fourth-order valence-electron chi connectivity index (χ4n) is 3.09. The Morgan fingerprint density at radius 1 is 1.32 bits per heavy atom. The topological polar surface area (TPSA) is 74.0 Å². The molecule has 1 aromatic heterocycles. The second-order valence-corrected chi connectivity index (χ2v) is 6.28.